The number of carbonyl (C=O) groups is 1. The van der Waals surface area contributed by atoms with Crippen LogP contribution in [0.3, 0.4) is 0 Å². The summed E-state index contributed by atoms with van der Waals surface area (Å²) in [7, 11) is 0. The summed E-state index contributed by atoms with van der Waals surface area (Å²) in [6, 6.07) is 1.79. The summed E-state index contributed by atoms with van der Waals surface area (Å²) in [6.45, 7) is 7.13. The molecule has 1 atom stereocenters. The van der Waals surface area contributed by atoms with Crippen molar-refractivity contribution in [2.24, 2.45) is 0 Å². The van der Waals surface area contributed by atoms with E-state index in [1.165, 1.54) is 6.20 Å². The zero-order valence-electron chi connectivity index (χ0n) is 12.8. The van der Waals surface area contributed by atoms with E-state index < -0.39 is 0 Å². The first kappa shape index (κ1) is 14.9. The van der Waals surface area contributed by atoms with E-state index in [1.54, 1.807) is 13.0 Å². The SMILES string of the molecule is Cc1noc2ncc(C(=O)N3CCN(C[C@H](C)O)CC3)cc12. The fourth-order valence-corrected chi connectivity index (χ4v) is 2.75. The predicted molar refractivity (Wildman–Crippen MR) is 80.6 cm³/mol. The number of aliphatic hydroxyl groups excluding tert-OH is 1. The smallest absolute Gasteiger partial charge is 0.257 e. The molecular formula is C15H20N4O3. The Balaban J connectivity index is 1.69. The van der Waals surface area contributed by atoms with Crippen molar-refractivity contribution in [1.29, 1.82) is 0 Å². The van der Waals surface area contributed by atoms with E-state index in [2.05, 4.69) is 15.0 Å². The normalized spacial score (nSPS) is 17.9. The van der Waals surface area contributed by atoms with Crippen molar-refractivity contribution >= 4 is 17.0 Å². The Labute approximate surface area is 128 Å². The van der Waals surface area contributed by atoms with Gasteiger partial charge in [-0.25, -0.2) is 4.98 Å². The topological polar surface area (TPSA) is 82.7 Å². The molecule has 3 rings (SSSR count). The molecule has 118 valence electrons. The second-order valence-electron chi connectivity index (χ2n) is 5.79. The molecule has 3 heterocycles. The Kier molecular flexibility index (Phi) is 4.08. The first-order chi connectivity index (χ1) is 10.5. The number of β-amino-alcohol motifs (C(OH)–C–C–N with tert-alkyl or cyclic N) is 1. The highest BCUT2D eigenvalue weighted by Gasteiger charge is 2.23. The van der Waals surface area contributed by atoms with Gasteiger partial charge in [-0.2, -0.15) is 0 Å². The maximum absolute atomic E-state index is 12.6. The van der Waals surface area contributed by atoms with Gasteiger partial charge in [-0.05, 0) is 19.9 Å². The van der Waals surface area contributed by atoms with Crippen LogP contribution in [0.1, 0.15) is 23.0 Å². The van der Waals surface area contributed by atoms with Crippen LogP contribution in [0.15, 0.2) is 16.8 Å². The average molecular weight is 304 g/mol. The molecular weight excluding hydrogens is 284 g/mol. The number of aliphatic hydroxyl groups is 1. The summed E-state index contributed by atoms with van der Waals surface area (Å²) in [4.78, 5) is 20.7. The van der Waals surface area contributed by atoms with Crippen molar-refractivity contribution in [3.05, 3.63) is 23.5 Å². The molecule has 1 amide bonds. The van der Waals surface area contributed by atoms with Crippen molar-refractivity contribution in [1.82, 2.24) is 19.9 Å². The summed E-state index contributed by atoms with van der Waals surface area (Å²) in [5.41, 5.74) is 1.75. The number of piperazine rings is 1. The van der Waals surface area contributed by atoms with Crippen LogP contribution in [0.25, 0.3) is 11.1 Å². The summed E-state index contributed by atoms with van der Waals surface area (Å²) >= 11 is 0. The number of hydrogen-bond acceptors (Lipinski definition) is 6. The molecule has 2 aromatic heterocycles. The summed E-state index contributed by atoms with van der Waals surface area (Å²) < 4.78 is 5.06. The van der Waals surface area contributed by atoms with Crippen LogP contribution < -0.4 is 0 Å². The van der Waals surface area contributed by atoms with E-state index in [1.807, 2.05) is 11.8 Å². The molecule has 0 radical (unpaired) electrons. The molecule has 1 saturated heterocycles. The van der Waals surface area contributed by atoms with Gasteiger partial charge in [0.25, 0.3) is 11.6 Å². The van der Waals surface area contributed by atoms with E-state index in [9.17, 15) is 9.90 Å². The second-order valence-corrected chi connectivity index (χ2v) is 5.79. The Morgan fingerprint density at radius 3 is 2.82 bits per heavy atom. The Morgan fingerprint density at radius 2 is 2.14 bits per heavy atom. The van der Waals surface area contributed by atoms with Crippen LogP contribution in [-0.4, -0.2) is 69.8 Å². The van der Waals surface area contributed by atoms with Crippen molar-refractivity contribution in [3.8, 4) is 0 Å². The monoisotopic (exact) mass is 304 g/mol. The molecule has 22 heavy (non-hydrogen) atoms. The Morgan fingerprint density at radius 1 is 1.41 bits per heavy atom. The number of aromatic nitrogens is 2. The lowest BCUT2D eigenvalue weighted by Crippen LogP contribution is -2.50. The van der Waals surface area contributed by atoms with Gasteiger partial charge in [-0.3, -0.25) is 9.69 Å². The molecule has 1 N–H and O–H groups in total. The maximum Gasteiger partial charge on any atom is 0.257 e. The molecule has 7 heteroatoms. The molecule has 0 aliphatic carbocycles. The van der Waals surface area contributed by atoms with Crippen molar-refractivity contribution in [2.45, 2.75) is 20.0 Å². The third kappa shape index (κ3) is 2.95. The highest BCUT2D eigenvalue weighted by molar-refractivity contribution is 5.97. The molecule has 0 unspecified atom stereocenters. The highest BCUT2D eigenvalue weighted by Crippen LogP contribution is 2.18. The van der Waals surface area contributed by atoms with Gasteiger partial charge in [0.2, 0.25) is 0 Å². The molecule has 7 nitrogen and oxygen atoms in total. The van der Waals surface area contributed by atoms with Crippen LogP contribution in [0, 0.1) is 6.92 Å². The number of pyridine rings is 1. The minimum absolute atomic E-state index is 0.0216. The van der Waals surface area contributed by atoms with Crippen molar-refractivity contribution in [2.75, 3.05) is 32.7 Å². The molecule has 0 bridgehead atoms. The number of hydrogen-bond donors (Lipinski definition) is 1. The molecule has 0 saturated carbocycles. The second kappa shape index (κ2) is 6.02. The minimum atomic E-state index is -0.342. The van der Waals surface area contributed by atoms with Crippen LogP contribution in [0.2, 0.25) is 0 Å². The largest absolute Gasteiger partial charge is 0.392 e. The number of rotatable bonds is 3. The molecule has 1 aliphatic rings. The third-order valence-electron chi connectivity index (χ3n) is 3.94. The van der Waals surface area contributed by atoms with Gasteiger partial charge in [-0.1, -0.05) is 5.16 Å². The van der Waals surface area contributed by atoms with E-state index >= 15 is 0 Å². The molecule has 1 fully saturated rings. The van der Waals surface area contributed by atoms with E-state index in [0.717, 1.165) is 24.2 Å². The average Bonchev–Trinajstić information content (AvgIpc) is 2.88. The van der Waals surface area contributed by atoms with Gasteiger partial charge < -0.3 is 14.5 Å². The first-order valence-electron chi connectivity index (χ1n) is 7.46. The van der Waals surface area contributed by atoms with Gasteiger partial charge in [-0.15, -0.1) is 0 Å². The summed E-state index contributed by atoms with van der Waals surface area (Å²) in [6.07, 6.45) is 1.20. The number of carbonyl (C=O) groups excluding carboxylic acids is 1. The van der Waals surface area contributed by atoms with Gasteiger partial charge in [0.1, 0.15) is 0 Å². The molecule has 0 aromatic carbocycles. The maximum atomic E-state index is 12.6. The van der Waals surface area contributed by atoms with Gasteiger partial charge in [0.15, 0.2) is 0 Å². The fraction of sp³-hybridized carbons (Fsp3) is 0.533. The van der Waals surface area contributed by atoms with E-state index in [4.69, 9.17) is 4.52 Å². The van der Waals surface area contributed by atoms with Gasteiger partial charge in [0, 0.05) is 38.9 Å². The minimum Gasteiger partial charge on any atom is -0.392 e. The number of amides is 1. The van der Waals surface area contributed by atoms with E-state index in [-0.39, 0.29) is 12.0 Å². The van der Waals surface area contributed by atoms with Gasteiger partial charge in [0.05, 0.1) is 22.7 Å². The lowest BCUT2D eigenvalue weighted by atomic mass is 10.1. The van der Waals surface area contributed by atoms with Crippen LogP contribution in [-0.2, 0) is 0 Å². The van der Waals surface area contributed by atoms with Crippen molar-refractivity contribution in [3.63, 3.8) is 0 Å². The van der Waals surface area contributed by atoms with Crippen LogP contribution in [0.4, 0.5) is 0 Å². The highest BCUT2D eigenvalue weighted by atomic mass is 16.5. The number of aryl methyl sites for hydroxylation is 1. The molecule has 0 spiro atoms. The quantitative estimate of drug-likeness (QED) is 0.897. The Bertz CT molecular complexity index is 674. The van der Waals surface area contributed by atoms with E-state index in [0.29, 0.717) is 30.9 Å². The third-order valence-corrected chi connectivity index (χ3v) is 3.94. The zero-order chi connectivity index (χ0) is 15.7. The first-order valence-corrected chi connectivity index (χ1v) is 7.46. The Hall–Kier alpha value is -1.99. The van der Waals surface area contributed by atoms with Crippen LogP contribution >= 0.6 is 0 Å². The zero-order valence-corrected chi connectivity index (χ0v) is 12.8. The standard InChI is InChI=1S/C15H20N4O3/c1-10(20)9-18-3-5-19(6-4-18)15(21)12-7-13-11(2)17-22-14(13)16-8-12/h7-8,10,20H,3-6,9H2,1-2H3/t10-/m0/s1. The molecule has 1 aliphatic heterocycles. The number of nitrogens with zero attached hydrogens (tertiary/aromatic N) is 4. The van der Waals surface area contributed by atoms with Gasteiger partial charge >= 0.3 is 0 Å². The fourth-order valence-electron chi connectivity index (χ4n) is 2.75. The summed E-state index contributed by atoms with van der Waals surface area (Å²) in [5, 5.41) is 14.0. The molecule has 2 aromatic rings. The lowest BCUT2D eigenvalue weighted by molar-refractivity contribution is 0.0554. The lowest BCUT2D eigenvalue weighted by Gasteiger charge is -2.35. The van der Waals surface area contributed by atoms with Crippen LogP contribution in [0.5, 0.6) is 0 Å². The predicted octanol–water partition coefficient (Wildman–Crippen LogP) is 0.670. The summed E-state index contributed by atoms with van der Waals surface area (Å²) in [5.74, 6) is -0.0216. The van der Waals surface area contributed by atoms with Crippen molar-refractivity contribution < 1.29 is 14.4 Å². The number of fused-ring (bicyclic) bond motifs is 1.